The summed E-state index contributed by atoms with van der Waals surface area (Å²) < 4.78 is 0. The molecule has 1 aromatic rings. The van der Waals surface area contributed by atoms with Gasteiger partial charge in [0, 0.05) is 19.6 Å². The first kappa shape index (κ1) is 13.7. The fourth-order valence-electron chi connectivity index (χ4n) is 2.44. The average Bonchev–Trinajstić information content (AvgIpc) is 2.45. The molecule has 2 unspecified atom stereocenters. The predicted octanol–water partition coefficient (Wildman–Crippen LogP) is 0.766. The number of aromatic nitrogens is 2. The van der Waals surface area contributed by atoms with Crippen molar-refractivity contribution in [2.45, 2.75) is 31.7 Å². The number of carbonyl (C=O) groups is 1. The predicted molar refractivity (Wildman–Crippen MR) is 73.8 cm³/mol. The first-order valence-corrected chi connectivity index (χ1v) is 6.74. The van der Waals surface area contributed by atoms with E-state index in [9.17, 15) is 4.79 Å². The summed E-state index contributed by atoms with van der Waals surface area (Å²) in [7, 11) is 1.57. The lowest BCUT2D eigenvalue weighted by molar-refractivity contribution is 0.0957. The molecule has 6 nitrogen and oxygen atoms in total. The molecule has 1 saturated carbocycles. The number of hydrogen-bond donors (Lipinski definition) is 3. The van der Waals surface area contributed by atoms with Crippen LogP contribution in [0.3, 0.4) is 0 Å². The molecule has 1 heterocycles. The van der Waals surface area contributed by atoms with E-state index >= 15 is 0 Å². The van der Waals surface area contributed by atoms with Gasteiger partial charge in [0.1, 0.15) is 5.82 Å². The third-order valence-corrected chi connectivity index (χ3v) is 3.52. The van der Waals surface area contributed by atoms with Crippen molar-refractivity contribution in [2.24, 2.45) is 11.7 Å². The van der Waals surface area contributed by atoms with Gasteiger partial charge in [0.25, 0.3) is 5.91 Å². The molecule has 6 heteroatoms. The highest BCUT2D eigenvalue weighted by Gasteiger charge is 2.19. The SMILES string of the molecule is CNC(=O)c1ccc(NCC2CCCC(N)C2)nn1. The fourth-order valence-corrected chi connectivity index (χ4v) is 2.44. The Labute approximate surface area is 113 Å². The summed E-state index contributed by atoms with van der Waals surface area (Å²) in [6.45, 7) is 0.863. The van der Waals surface area contributed by atoms with E-state index < -0.39 is 0 Å². The minimum Gasteiger partial charge on any atom is -0.368 e. The van der Waals surface area contributed by atoms with Crippen LogP contribution in [-0.2, 0) is 0 Å². The van der Waals surface area contributed by atoms with E-state index in [0.29, 0.717) is 23.5 Å². The van der Waals surface area contributed by atoms with Crippen LogP contribution in [-0.4, -0.2) is 35.7 Å². The zero-order chi connectivity index (χ0) is 13.7. The Balaban J connectivity index is 1.84. The van der Waals surface area contributed by atoms with Gasteiger partial charge in [-0.15, -0.1) is 10.2 Å². The van der Waals surface area contributed by atoms with Crippen LogP contribution in [0.5, 0.6) is 0 Å². The van der Waals surface area contributed by atoms with Crippen LogP contribution in [0.2, 0.25) is 0 Å². The van der Waals surface area contributed by atoms with Gasteiger partial charge < -0.3 is 16.4 Å². The molecule has 19 heavy (non-hydrogen) atoms. The van der Waals surface area contributed by atoms with Crippen LogP contribution in [0.1, 0.15) is 36.2 Å². The number of anilines is 1. The first-order valence-electron chi connectivity index (χ1n) is 6.74. The molecule has 0 spiro atoms. The third kappa shape index (κ3) is 3.89. The number of nitrogens with one attached hydrogen (secondary N) is 2. The Morgan fingerprint density at radius 3 is 2.89 bits per heavy atom. The van der Waals surface area contributed by atoms with Crippen LogP contribution in [0.4, 0.5) is 5.82 Å². The van der Waals surface area contributed by atoms with E-state index in [-0.39, 0.29) is 5.91 Å². The highest BCUT2D eigenvalue weighted by atomic mass is 16.1. The van der Waals surface area contributed by atoms with E-state index in [1.165, 1.54) is 12.8 Å². The van der Waals surface area contributed by atoms with E-state index in [1.54, 1.807) is 19.2 Å². The summed E-state index contributed by atoms with van der Waals surface area (Å²) in [4.78, 5) is 11.3. The lowest BCUT2D eigenvalue weighted by atomic mass is 9.86. The maximum atomic E-state index is 11.3. The minimum absolute atomic E-state index is 0.225. The normalized spacial score (nSPS) is 22.8. The highest BCUT2D eigenvalue weighted by Crippen LogP contribution is 2.23. The van der Waals surface area contributed by atoms with Gasteiger partial charge in [-0.25, -0.2) is 0 Å². The highest BCUT2D eigenvalue weighted by molar-refractivity contribution is 5.91. The zero-order valence-corrected chi connectivity index (χ0v) is 11.2. The molecule has 1 fully saturated rings. The molecule has 1 amide bonds. The Morgan fingerprint density at radius 1 is 1.42 bits per heavy atom. The van der Waals surface area contributed by atoms with Crippen molar-refractivity contribution < 1.29 is 4.79 Å². The number of nitrogens with two attached hydrogens (primary N) is 1. The first-order chi connectivity index (χ1) is 9.19. The van der Waals surface area contributed by atoms with Crippen molar-refractivity contribution in [3.8, 4) is 0 Å². The van der Waals surface area contributed by atoms with Gasteiger partial charge in [-0.1, -0.05) is 6.42 Å². The molecule has 1 aliphatic rings. The Hall–Kier alpha value is -1.69. The van der Waals surface area contributed by atoms with Gasteiger partial charge in [0.2, 0.25) is 0 Å². The molecule has 0 saturated heterocycles. The lowest BCUT2D eigenvalue weighted by Crippen LogP contribution is -2.31. The number of hydrogen-bond acceptors (Lipinski definition) is 5. The van der Waals surface area contributed by atoms with E-state index in [1.807, 2.05) is 0 Å². The van der Waals surface area contributed by atoms with Gasteiger partial charge in [0.15, 0.2) is 5.69 Å². The van der Waals surface area contributed by atoms with Crippen molar-refractivity contribution in [3.05, 3.63) is 17.8 Å². The molecule has 1 aliphatic carbocycles. The van der Waals surface area contributed by atoms with E-state index in [4.69, 9.17) is 5.73 Å². The summed E-state index contributed by atoms with van der Waals surface area (Å²) in [6.07, 6.45) is 4.62. The molecule has 0 bridgehead atoms. The molecular formula is C13H21N5O. The van der Waals surface area contributed by atoms with Crippen LogP contribution in [0.25, 0.3) is 0 Å². The Morgan fingerprint density at radius 2 is 2.26 bits per heavy atom. The molecule has 2 atom stereocenters. The summed E-state index contributed by atoms with van der Waals surface area (Å²) in [5.41, 5.74) is 6.29. The lowest BCUT2D eigenvalue weighted by Gasteiger charge is -2.26. The Kier molecular flexibility index (Phi) is 4.68. The van der Waals surface area contributed by atoms with E-state index in [0.717, 1.165) is 19.4 Å². The van der Waals surface area contributed by atoms with Crippen LogP contribution in [0.15, 0.2) is 12.1 Å². The number of nitrogens with zero attached hydrogens (tertiary/aromatic N) is 2. The van der Waals surface area contributed by atoms with E-state index in [2.05, 4.69) is 20.8 Å². The zero-order valence-electron chi connectivity index (χ0n) is 11.2. The summed E-state index contributed by atoms with van der Waals surface area (Å²) in [5, 5.41) is 13.6. The summed E-state index contributed by atoms with van der Waals surface area (Å²) in [6, 6.07) is 3.78. The molecule has 1 aromatic heterocycles. The fraction of sp³-hybridized carbons (Fsp3) is 0.615. The second-order valence-corrected chi connectivity index (χ2v) is 5.06. The van der Waals surface area contributed by atoms with Crippen molar-refractivity contribution in [1.29, 1.82) is 0 Å². The largest absolute Gasteiger partial charge is 0.368 e. The third-order valence-electron chi connectivity index (χ3n) is 3.52. The van der Waals surface area contributed by atoms with Gasteiger partial charge in [-0.3, -0.25) is 4.79 Å². The molecule has 0 aliphatic heterocycles. The smallest absolute Gasteiger partial charge is 0.271 e. The van der Waals surface area contributed by atoms with Gasteiger partial charge in [-0.05, 0) is 37.3 Å². The van der Waals surface area contributed by atoms with Gasteiger partial charge in [-0.2, -0.15) is 0 Å². The van der Waals surface area contributed by atoms with Crippen LogP contribution < -0.4 is 16.4 Å². The molecule has 2 rings (SSSR count). The van der Waals surface area contributed by atoms with Crippen molar-refractivity contribution >= 4 is 11.7 Å². The van der Waals surface area contributed by atoms with Crippen LogP contribution in [0, 0.1) is 5.92 Å². The van der Waals surface area contributed by atoms with Crippen molar-refractivity contribution in [1.82, 2.24) is 15.5 Å². The van der Waals surface area contributed by atoms with Gasteiger partial charge >= 0.3 is 0 Å². The minimum atomic E-state index is -0.225. The quantitative estimate of drug-likeness (QED) is 0.746. The maximum Gasteiger partial charge on any atom is 0.271 e. The standard InChI is InChI=1S/C13H21N5O/c1-15-13(19)11-5-6-12(18-17-11)16-8-9-3-2-4-10(14)7-9/h5-6,9-10H,2-4,7-8,14H2,1H3,(H,15,19)(H,16,18). The topological polar surface area (TPSA) is 92.9 Å². The average molecular weight is 263 g/mol. The number of amides is 1. The monoisotopic (exact) mass is 263 g/mol. The Bertz CT molecular complexity index is 420. The second kappa shape index (κ2) is 6.47. The van der Waals surface area contributed by atoms with Crippen molar-refractivity contribution in [3.63, 3.8) is 0 Å². The summed E-state index contributed by atoms with van der Waals surface area (Å²) in [5.74, 6) is 1.08. The second-order valence-electron chi connectivity index (χ2n) is 5.06. The maximum absolute atomic E-state index is 11.3. The van der Waals surface area contributed by atoms with Gasteiger partial charge in [0.05, 0.1) is 0 Å². The number of carbonyl (C=O) groups excluding carboxylic acids is 1. The summed E-state index contributed by atoms with van der Waals surface area (Å²) >= 11 is 0. The molecule has 0 aromatic carbocycles. The molecule has 4 N–H and O–H groups in total. The molecule has 104 valence electrons. The van der Waals surface area contributed by atoms with Crippen molar-refractivity contribution in [2.75, 3.05) is 18.9 Å². The number of rotatable bonds is 4. The molecular weight excluding hydrogens is 242 g/mol. The van der Waals surface area contributed by atoms with Crippen LogP contribution >= 0.6 is 0 Å². The molecule has 0 radical (unpaired) electrons.